The van der Waals surface area contributed by atoms with E-state index in [1.807, 2.05) is 24.3 Å². The fourth-order valence-electron chi connectivity index (χ4n) is 1.86. The summed E-state index contributed by atoms with van der Waals surface area (Å²) >= 11 is 2.15. The summed E-state index contributed by atoms with van der Waals surface area (Å²) in [6.45, 7) is 0. The van der Waals surface area contributed by atoms with E-state index in [0.717, 1.165) is 14.6 Å². The Labute approximate surface area is 121 Å². The van der Waals surface area contributed by atoms with Crippen molar-refractivity contribution in [2.24, 2.45) is 0 Å². The molecule has 0 aliphatic rings. The molecule has 0 N–H and O–H groups in total. The van der Waals surface area contributed by atoms with E-state index in [1.54, 1.807) is 10.7 Å². The van der Waals surface area contributed by atoms with Gasteiger partial charge in [-0.25, -0.2) is 4.68 Å². The van der Waals surface area contributed by atoms with Crippen LogP contribution in [0.3, 0.4) is 0 Å². The van der Waals surface area contributed by atoms with Gasteiger partial charge in [-0.2, -0.15) is 5.10 Å². The molecule has 0 fully saturated rings. The summed E-state index contributed by atoms with van der Waals surface area (Å²) in [6, 6.07) is 10.8. The molecule has 2 aromatic heterocycles. The maximum absolute atomic E-state index is 10.8. The molecule has 0 aliphatic heterocycles. The second kappa shape index (κ2) is 4.57. The van der Waals surface area contributed by atoms with Crippen LogP contribution in [-0.4, -0.2) is 19.7 Å². The molecule has 0 aliphatic carbocycles. The number of hydrogen-bond acceptors (Lipinski definition) is 4. The monoisotopic (exact) mass is 366 g/mol. The van der Waals surface area contributed by atoms with E-state index in [-0.39, 0.29) is 5.82 Å². The van der Waals surface area contributed by atoms with E-state index in [0.29, 0.717) is 5.69 Å². The minimum atomic E-state index is -0.514. The predicted octanol–water partition coefficient (Wildman–Crippen LogP) is 2.93. The van der Waals surface area contributed by atoms with Crippen molar-refractivity contribution in [1.82, 2.24) is 14.8 Å². The van der Waals surface area contributed by atoms with Gasteiger partial charge < -0.3 is 10.1 Å². The molecule has 3 aromatic rings. The molecule has 3 rings (SSSR count). The Morgan fingerprint density at radius 2 is 2.05 bits per heavy atom. The third-order valence-electron chi connectivity index (χ3n) is 2.70. The van der Waals surface area contributed by atoms with E-state index < -0.39 is 4.92 Å². The van der Waals surface area contributed by atoms with Crippen molar-refractivity contribution in [2.75, 3.05) is 0 Å². The zero-order chi connectivity index (χ0) is 13.4. The number of nitro groups is 1. The summed E-state index contributed by atoms with van der Waals surface area (Å²) in [5, 5.41) is 16.2. The van der Waals surface area contributed by atoms with Crippen molar-refractivity contribution >= 4 is 39.3 Å². The van der Waals surface area contributed by atoms with Gasteiger partial charge in [0, 0.05) is 11.5 Å². The zero-order valence-electron chi connectivity index (χ0n) is 9.52. The van der Waals surface area contributed by atoms with Gasteiger partial charge in [0.15, 0.2) is 0 Å². The standard InChI is InChI=1S/C12H7IN4O2/c13-12-9-3-1-2-4-10(9)16(15-12)8-5-6-14-11(7-8)17(18)19/h1-7H. The maximum atomic E-state index is 10.8. The Kier molecular flexibility index (Phi) is 2.90. The minimum absolute atomic E-state index is 0.188. The van der Waals surface area contributed by atoms with Crippen LogP contribution in [0.5, 0.6) is 0 Å². The fraction of sp³-hybridized carbons (Fsp3) is 0. The van der Waals surface area contributed by atoms with E-state index >= 15 is 0 Å². The van der Waals surface area contributed by atoms with Crippen LogP contribution in [0.15, 0.2) is 42.6 Å². The normalized spacial score (nSPS) is 10.8. The molecule has 0 amide bonds. The average Bonchev–Trinajstić information content (AvgIpc) is 2.77. The first-order chi connectivity index (χ1) is 9.16. The number of para-hydroxylation sites is 1. The molecule has 6 nitrogen and oxygen atoms in total. The highest BCUT2D eigenvalue weighted by Gasteiger charge is 2.13. The molecule has 19 heavy (non-hydrogen) atoms. The lowest BCUT2D eigenvalue weighted by atomic mass is 10.2. The van der Waals surface area contributed by atoms with E-state index in [9.17, 15) is 10.1 Å². The number of halogens is 1. The number of rotatable bonds is 2. The molecule has 0 bridgehead atoms. The van der Waals surface area contributed by atoms with Crippen LogP contribution in [-0.2, 0) is 0 Å². The summed E-state index contributed by atoms with van der Waals surface area (Å²) in [7, 11) is 0. The molecule has 7 heteroatoms. The third kappa shape index (κ3) is 2.05. The lowest BCUT2D eigenvalue weighted by Gasteiger charge is -2.02. The zero-order valence-corrected chi connectivity index (χ0v) is 11.7. The largest absolute Gasteiger partial charge is 0.365 e. The van der Waals surface area contributed by atoms with Crippen molar-refractivity contribution in [2.45, 2.75) is 0 Å². The number of fused-ring (bicyclic) bond motifs is 1. The van der Waals surface area contributed by atoms with Gasteiger partial charge >= 0.3 is 5.82 Å². The second-order valence-electron chi connectivity index (χ2n) is 3.85. The van der Waals surface area contributed by atoms with Crippen LogP contribution in [0.1, 0.15) is 0 Å². The third-order valence-corrected chi connectivity index (χ3v) is 3.50. The molecular weight excluding hydrogens is 359 g/mol. The number of hydrogen-bond donors (Lipinski definition) is 0. The van der Waals surface area contributed by atoms with Crippen LogP contribution in [0, 0.1) is 13.8 Å². The molecule has 0 saturated heterocycles. The van der Waals surface area contributed by atoms with Crippen LogP contribution < -0.4 is 0 Å². The first-order valence-corrected chi connectivity index (χ1v) is 6.49. The molecule has 1 aromatic carbocycles. The SMILES string of the molecule is O=[N+]([O-])c1cc(-n2nc(I)c3ccccc32)ccn1. The summed E-state index contributed by atoms with van der Waals surface area (Å²) in [5.41, 5.74) is 1.54. The molecule has 0 atom stereocenters. The van der Waals surface area contributed by atoms with Crippen LogP contribution in [0.25, 0.3) is 16.6 Å². The van der Waals surface area contributed by atoms with Crippen molar-refractivity contribution in [3.8, 4) is 5.69 Å². The van der Waals surface area contributed by atoms with Gasteiger partial charge in [-0.1, -0.05) is 18.2 Å². The molecule has 0 saturated carbocycles. The summed E-state index contributed by atoms with van der Waals surface area (Å²) < 4.78 is 2.54. The summed E-state index contributed by atoms with van der Waals surface area (Å²) in [6.07, 6.45) is 1.41. The number of pyridine rings is 1. The van der Waals surface area contributed by atoms with Gasteiger partial charge in [-0.3, -0.25) is 0 Å². The van der Waals surface area contributed by atoms with Gasteiger partial charge in [0.1, 0.15) is 9.90 Å². The van der Waals surface area contributed by atoms with Crippen LogP contribution in [0.2, 0.25) is 0 Å². The fourth-order valence-corrected chi connectivity index (χ4v) is 2.54. The Morgan fingerprint density at radius 1 is 1.26 bits per heavy atom. The lowest BCUT2D eigenvalue weighted by molar-refractivity contribution is -0.389. The molecule has 0 spiro atoms. The Bertz CT molecular complexity index is 784. The summed E-state index contributed by atoms with van der Waals surface area (Å²) in [4.78, 5) is 14.0. The topological polar surface area (TPSA) is 73.8 Å². The summed E-state index contributed by atoms with van der Waals surface area (Å²) in [5.74, 6) is -0.188. The smallest absolute Gasteiger partial charge is 0.358 e. The maximum Gasteiger partial charge on any atom is 0.365 e. The van der Waals surface area contributed by atoms with Gasteiger partial charge in [0.05, 0.1) is 17.3 Å². The van der Waals surface area contributed by atoms with Crippen molar-refractivity contribution in [3.63, 3.8) is 0 Å². The van der Waals surface area contributed by atoms with Crippen molar-refractivity contribution < 1.29 is 4.92 Å². The van der Waals surface area contributed by atoms with E-state index in [1.165, 1.54) is 12.3 Å². The van der Waals surface area contributed by atoms with Crippen molar-refractivity contribution in [3.05, 3.63) is 56.4 Å². The predicted molar refractivity (Wildman–Crippen MR) is 78.2 cm³/mol. The van der Waals surface area contributed by atoms with Gasteiger partial charge in [0.2, 0.25) is 0 Å². The molecule has 2 heterocycles. The molecule has 0 unspecified atom stereocenters. The van der Waals surface area contributed by atoms with Gasteiger partial charge in [-0.15, -0.1) is 0 Å². The Hall–Kier alpha value is -2.03. The van der Waals surface area contributed by atoms with Gasteiger partial charge in [0.25, 0.3) is 0 Å². The van der Waals surface area contributed by atoms with E-state index in [4.69, 9.17) is 0 Å². The highest BCUT2D eigenvalue weighted by atomic mass is 127. The number of benzene rings is 1. The van der Waals surface area contributed by atoms with Crippen molar-refractivity contribution in [1.29, 1.82) is 0 Å². The van der Waals surface area contributed by atoms with E-state index in [2.05, 4.69) is 32.7 Å². The number of aromatic nitrogens is 3. The molecule has 94 valence electrons. The molecule has 0 radical (unpaired) electrons. The average molecular weight is 366 g/mol. The van der Waals surface area contributed by atoms with Gasteiger partial charge in [-0.05, 0) is 38.6 Å². The first kappa shape index (κ1) is 12.0. The van der Waals surface area contributed by atoms with Crippen LogP contribution in [0.4, 0.5) is 5.82 Å². The molecular formula is C12H7IN4O2. The minimum Gasteiger partial charge on any atom is -0.358 e. The highest BCUT2D eigenvalue weighted by molar-refractivity contribution is 14.1. The highest BCUT2D eigenvalue weighted by Crippen LogP contribution is 2.24. The second-order valence-corrected chi connectivity index (χ2v) is 4.87. The lowest BCUT2D eigenvalue weighted by Crippen LogP contribution is -1.99. The van der Waals surface area contributed by atoms with Crippen LogP contribution >= 0.6 is 22.6 Å². The number of nitrogens with zero attached hydrogens (tertiary/aromatic N) is 4. The Morgan fingerprint density at radius 3 is 2.84 bits per heavy atom. The quantitative estimate of drug-likeness (QED) is 0.397. The first-order valence-electron chi connectivity index (χ1n) is 5.41. The Balaban J connectivity index is 2.25.